The van der Waals surface area contributed by atoms with Crippen molar-refractivity contribution in [2.24, 2.45) is 0 Å². The molecule has 0 bridgehead atoms. The fourth-order valence-electron chi connectivity index (χ4n) is 5.91. The quantitative estimate of drug-likeness (QED) is 0.336. The summed E-state index contributed by atoms with van der Waals surface area (Å²) in [5.74, 6) is 0.263. The molecular formula is C29H24N6O6. The minimum absolute atomic E-state index is 0.0610. The van der Waals surface area contributed by atoms with Gasteiger partial charge in [-0.15, -0.1) is 0 Å². The largest absolute Gasteiger partial charge is 0.507 e. The van der Waals surface area contributed by atoms with Crippen LogP contribution in [0.15, 0.2) is 110 Å². The molecule has 12 nitrogen and oxygen atoms in total. The second kappa shape index (κ2) is 9.01. The van der Waals surface area contributed by atoms with E-state index in [9.17, 15) is 24.3 Å². The number of fused-ring (bicyclic) bond motifs is 4. The standard InChI is InChI=1S/C29H24N6O6/c1-41-20-12-13-22(24(36)16-20)25-21-14-15-30-26(37)32(18-8-4-2-5-9-18)28(39)34(30)23(21)17-31-27(38)33(29(40)35(25)31)19-10-6-3-7-11-19/h2-14,16,23,25,36H,15,17H2,1H3. The normalized spacial score (nSPS) is 17.3. The maximum absolute atomic E-state index is 13.9. The molecule has 2 atom stereocenters. The summed E-state index contributed by atoms with van der Waals surface area (Å²) in [5.41, 5.74) is -0.539. The lowest BCUT2D eigenvalue weighted by atomic mass is 9.89. The Hall–Kier alpha value is -5.52. The molecule has 0 saturated heterocycles. The van der Waals surface area contributed by atoms with E-state index in [1.165, 1.54) is 31.9 Å². The van der Waals surface area contributed by atoms with Gasteiger partial charge in [0.05, 0.1) is 37.6 Å². The van der Waals surface area contributed by atoms with Gasteiger partial charge in [0.15, 0.2) is 0 Å². The van der Waals surface area contributed by atoms with Crippen molar-refractivity contribution in [3.05, 3.63) is 138 Å². The summed E-state index contributed by atoms with van der Waals surface area (Å²) in [6.45, 7) is -0.0170. The predicted octanol–water partition coefficient (Wildman–Crippen LogP) is 1.41. The first-order chi connectivity index (χ1) is 19.9. The minimum atomic E-state index is -0.944. The molecule has 0 amide bonds. The predicted molar refractivity (Wildman–Crippen MR) is 148 cm³/mol. The molecule has 0 radical (unpaired) electrons. The van der Waals surface area contributed by atoms with Crippen LogP contribution in [0.25, 0.3) is 11.4 Å². The Balaban J connectivity index is 1.50. The first-order valence-corrected chi connectivity index (χ1v) is 13.0. The van der Waals surface area contributed by atoms with Crippen LogP contribution in [0.5, 0.6) is 11.5 Å². The second-order valence-electron chi connectivity index (χ2n) is 9.87. The zero-order valence-electron chi connectivity index (χ0n) is 21.8. The van der Waals surface area contributed by atoms with Crippen LogP contribution in [-0.4, -0.2) is 40.1 Å². The highest BCUT2D eigenvalue weighted by Crippen LogP contribution is 2.42. The molecule has 41 heavy (non-hydrogen) atoms. The number of phenols is 1. The van der Waals surface area contributed by atoms with Crippen LogP contribution in [0, 0.1) is 0 Å². The highest BCUT2D eigenvalue weighted by Gasteiger charge is 2.42. The molecule has 2 aromatic heterocycles. The molecule has 0 aliphatic carbocycles. The van der Waals surface area contributed by atoms with Crippen LogP contribution in [0.4, 0.5) is 0 Å². The number of methoxy groups -OCH3 is 1. The topological polar surface area (TPSA) is 127 Å². The second-order valence-corrected chi connectivity index (χ2v) is 9.87. The van der Waals surface area contributed by atoms with E-state index in [2.05, 4.69) is 0 Å². The van der Waals surface area contributed by atoms with Gasteiger partial charge in [0.2, 0.25) is 0 Å². The molecule has 0 fully saturated rings. The van der Waals surface area contributed by atoms with Crippen LogP contribution >= 0.6 is 0 Å². The van der Waals surface area contributed by atoms with E-state index in [0.29, 0.717) is 28.3 Å². The maximum Gasteiger partial charge on any atom is 0.352 e. The highest BCUT2D eigenvalue weighted by molar-refractivity contribution is 5.46. The van der Waals surface area contributed by atoms with Crippen LogP contribution < -0.4 is 27.5 Å². The summed E-state index contributed by atoms with van der Waals surface area (Å²) in [4.78, 5) is 55.0. The summed E-state index contributed by atoms with van der Waals surface area (Å²) in [5, 5.41) is 11.1. The van der Waals surface area contributed by atoms with E-state index >= 15 is 0 Å². The van der Waals surface area contributed by atoms with E-state index in [1.807, 2.05) is 0 Å². The Bertz CT molecular complexity index is 2090. The van der Waals surface area contributed by atoms with Gasteiger partial charge in [-0.2, -0.15) is 0 Å². The molecule has 0 saturated carbocycles. The highest BCUT2D eigenvalue weighted by atomic mass is 16.5. The van der Waals surface area contributed by atoms with Gasteiger partial charge < -0.3 is 9.84 Å². The van der Waals surface area contributed by atoms with Crippen molar-refractivity contribution in [3.8, 4) is 22.9 Å². The number of aromatic hydroxyl groups is 1. The third-order valence-corrected chi connectivity index (χ3v) is 7.77. The summed E-state index contributed by atoms with van der Waals surface area (Å²) in [7, 11) is 1.47. The van der Waals surface area contributed by atoms with Crippen LogP contribution in [0.3, 0.4) is 0 Å². The number of aromatic nitrogens is 6. The van der Waals surface area contributed by atoms with Gasteiger partial charge in [-0.3, -0.25) is 0 Å². The number of para-hydroxylation sites is 2. The van der Waals surface area contributed by atoms with Crippen molar-refractivity contribution in [1.29, 1.82) is 0 Å². The summed E-state index contributed by atoms with van der Waals surface area (Å²) < 4.78 is 12.7. The van der Waals surface area contributed by atoms with Gasteiger partial charge >= 0.3 is 22.8 Å². The van der Waals surface area contributed by atoms with Crippen molar-refractivity contribution >= 4 is 0 Å². The molecule has 4 heterocycles. The number of rotatable bonds is 4. The molecule has 3 aromatic carbocycles. The SMILES string of the molecule is COc1ccc(C2C3=CCn4c(=O)n(-c5ccccc5)c(=O)n4C3Cn3c(=O)n(-c4ccccc4)c(=O)n32)c(O)c1. The first kappa shape index (κ1) is 24.5. The van der Waals surface area contributed by atoms with Gasteiger partial charge in [-0.05, 0) is 42.0 Å². The van der Waals surface area contributed by atoms with E-state index in [-0.39, 0.29) is 18.8 Å². The van der Waals surface area contributed by atoms with Gasteiger partial charge in [0, 0.05) is 11.6 Å². The van der Waals surface area contributed by atoms with Crippen molar-refractivity contribution in [1.82, 2.24) is 27.9 Å². The molecule has 2 aliphatic rings. The smallest absolute Gasteiger partial charge is 0.352 e. The Morgan fingerprint density at radius 3 is 1.90 bits per heavy atom. The Morgan fingerprint density at radius 1 is 0.732 bits per heavy atom. The molecule has 5 aromatic rings. The molecule has 0 spiro atoms. The van der Waals surface area contributed by atoms with Crippen LogP contribution in [0.1, 0.15) is 17.6 Å². The molecule has 12 heteroatoms. The Labute approximate surface area is 231 Å². The number of benzene rings is 3. The fraction of sp³-hybridized carbons (Fsp3) is 0.172. The lowest BCUT2D eigenvalue weighted by Crippen LogP contribution is -2.46. The van der Waals surface area contributed by atoms with Gasteiger partial charge in [-0.25, -0.2) is 47.0 Å². The van der Waals surface area contributed by atoms with Crippen molar-refractivity contribution in [3.63, 3.8) is 0 Å². The Kier molecular flexibility index (Phi) is 5.39. The molecular weight excluding hydrogens is 528 g/mol. The molecule has 7 rings (SSSR count). The number of phenolic OH excluding ortho intramolecular Hbond substituents is 1. The average molecular weight is 553 g/mol. The van der Waals surface area contributed by atoms with Gasteiger partial charge in [0.1, 0.15) is 17.5 Å². The fourth-order valence-corrected chi connectivity index (χ4v) is 5.91. The summed E-state index contributed by atoms with van der Waals surface area (Å²) >= 11 is 0. The van der Waals surface area contributed by atoms with E-state index in [0.717, 1.165) is 9.13 Å². The molecule has 2 unspecified atom stereocenters. The van der Waals surface area contributed by atoms with Gasteiger partial charge in [-0.1, -0.05) is 42.5 Å². The van der Waals surface area contributed by atoms with Crippen molar-refractivity contribution in [2.75, 3.05) is 7.11 Å². The monoisotopic (exact) mass is 552 g/mol. The maximum atomic E-state index is 13.9. The lowest BCUT2D eigenvalue weighted by Gasteiger charge is -2.37. The number of allylic oxidation sites excluding steroid dienone is 2. The van der Waals surface area contributed by atoms with E-state index in [1.54, 1.807) is 78.9 Å². The number of hydrogen-bond acceptors (Lipinski definition) is 6. The third-order valence-electron chi connectivity index (χ3n) is 7.77. The zero-order chi connectivity index (χ0) is 28.4. The number of ether oxygens (including phenoxy) is 1. The Morgan fingerprint density at radius 2 is 1.32 bits per heavy atom. The molecule has 1 N–H and O–H groups in total. The van der Waals surface area contributed by atoms with Crippen LogP contribution in [0.2, 0.25) is 0 Å². The summed E-state index contributed by atoms with van der Waals surface area (Å²) in [6, 6.07) is 20.1. The minimum Gasteiger partial charge on any atom is -0.507 e. The number of nitrogens with zero attached hydrogens (tertiary/aromatic N) is 6. The lowest BCUT2D eigenvalue weighted by molar-refractivity contribution is 0.244. The molecule has 2 aliphatic heterocycles. The van der Waals surface area contributed by atoms with E-state index < -0.39 is 34.8 Å². The molecule has 206 valence electrons. The number of hydrogen-bond donors (Lipinski definition) is 1. The first-order valence-electron chi connectivity index (χ1n) is 13.0. The summed E-state index contributed by atoms with van der Waals surface area (Å²) in [6.07, 6.45) is 1.79. The zero-order valence-corrected chi connectivity index (χ0v) is 21.8. The van der Waals surface area contributed by atoms with Crippen molar-refractivity contribution in [2.45, 2.75) is 25.2 Å². The van der Waals surface area contributed by atoms with Gasteiger partial charge in [0.25, 0.3) is 0 Å². The average Bonchev–Trinajstić information content (AvgIpc) is 3.40. The van der Waals surface area contributed by atoms with Crippen molar-refractivity contribution < 1.29 is 9.84 Å². The third kappa shape index (κ3) is 3.46. The van der Waals surface area contributed by atoms with E-state index in [4.69, 9.17) is 4.74 Å². The van der Waals surface area contributed by atoms with Crippen LogP contribution in [-0.2, 0) is 13.1 Å².